The first-order valence-corrected chi connectivity index (χ1v) is 6.60. The maximum Gasteiger partial charge on any atom is 0.241 e. The summed E-state index contributed by atoms with van der Waals surface area (Å²) in [5, 5.41) is 0. The van der Waals surface area contributed by atoms with Crippen LogP contribution >= 0.6 is 0 Å². The summed E-state index contributed by atoms with van der Waals surface area (Å²) in [6, 6.07) is 0. The summed E-state index contributed by atoms with van der Waals surface area (Å²) in [5.74, 6) is 0.566. The van der Waals surface area contributed by atoms with E-state index in [9.17, 15) is 4.79 Å². The fourth-order valence-electron chi connectivity index (χ4n) is 2.45. The molecular formula is C13H27N3O2. The van der Waals surface area contributed by atoms with E-state index in [1.807, 2.05) is 7.05 Å². The van der Waals surface area contributed by atoms with E-state index in [0.29, 0.717) is 5.92 Å². The van der Waals surface area contributed by atoms with E-state index in [2.05, 4.69) is 4.90 Å². The van der Waals surface area contributed by atoms with Crippen LogP contribution in [0.3, 0.4) is 0 Å². The Bertz CT molecular complexity index is 276. The van der Waals surface area contributed by atoms with Gasteiger partial charge in [0.2, 0.25) is 5.91 Å². The fraction of sp³-hybridized carbons (Fsp3) is 0.923. The predicted octanol–water partition coefficient (Wildman–Crippen LogP) is 0.150. The van der Waals surface area contributed by atoms with Crippen molar-refractivity contribution >= 4 is 5.91 Å². The lowest BCUT2D eigenvalue weighted by molar-refractivity contribution is -0.134. The monoisotopic (exact) mass is 257 g/mol. The molecule has 0 radical (unpaired) electrons. The summed E-state index contributed by atoms with van der Waals surface area (Å²) in [5.41, 5.74) is 5.05. The zero-order valence-electron chi connectivity index (χ0n) is 12.1. The average Bonchev–Trinajstić information content (AvgIpc) is 2.71. The lowest BCUT2D eigenvalue weighted by atomic mass is 10.0. The van der Waals surface area contributed by atoms with Crippen LogP contribution in [0.5, 0.6) is 0 Å². The van der Waals surface area contributed by atoms with Crippen LogP contribution in [0, 0.1) is 5.92 Å². The van der Waals surface area contributed by atoms with E-state index in [0.717, 1.165) is 39.2 Å². The molecule has 1 fully saturated rings. The van der Waals surface area contributed by atoms with Crippen LogP contribution in [0.2, 0.25) is 0 Å². The van der Waals surface area contributed by atoms with Crippen molar-refractivity contribution in [2.45, 2.75) is 25.8 Å². The van der Waals surface area contributed by atoms with Crippen LogP contribution in [0.25, 0.3) is 0 Å². The first kappa shape index (κ1) is 15.4. The molecule has 1 heterocycles. The summed E-state index contributed by atoms with van der Waals surface area (Å²) in [4.78, 5) is 16.1. The topological polar surface area (TPSA) is 58.8 Å². The molecule has 1 amide bonds. The normalized spacial score (nSPS) is 21.3. The number of rotatable bonds is 6. The van der Waals surface area contributed by atoms with Crippen molar-refractivity contribution in [3.63, 3.8) is 0 Å². The number of ether oxygens (including phenoxy) is 1. The molecule has 0 saturated carbocycles. The summed E-state index contributed by atoms with van der Waals surface area (Å²) in [6.07, 6.45) is 1.15. The molecule has 0 aliphatic carbocycles. The maximum absolute atomic E-state index is 12.0. The molecule has 18 heavy (non-hydrogen) atoms. The second kappa shape index (κ2) is 6.50. The third kappa shape index (κ3) is 4.55. The van der Waals surface area contributed by atoms with Gasteiger partial charge in [-0.15, -0.1) is 0 Å². The highest BCUT2D eigenvalue weighted by atomic mass is 16.5. The van der Waals surface area contributed by atoms with Gasteiger partial charge in [0.1, 0.15) is 0 Å². The van der Waals surface area contributed by atoms with E-state index in [1.54, 1.807) is 25.9 Å². The van der Waals surface area contributed by atoms with Gasteiger partial charge in [0, 0.05) is 33.8 Å². The van der Waals surface area contributed by atoms with E-state index in [1.165, 1.54) is 0 Å². The summed E-state index contributed by atoms with van der Waals surface area (Å²) >= 11 is 0. The number of carbonyl (C=O) groups is 1. The summed E-state index contributed by atoms with van der Waals surface area (Å²) in [6.45, 7) is 8.21. The summed E-state index contributed by atoms with van der Waals surface area (Å²) in [7, 11) is 3.57. The molecule has 1 unspecified atom stereocenters. The number of nitrogens with zero attached hydrogens (tertiary/aromatic N) is 2. The number of likely N-dealkylation sites (N-methyl/N-ethyl adjacent to an activating group) is 1. The van der Waals surface area contributed by atoms with Crippen molar-refractivity contribution in [2.75, 3.05) is 46.9 Å². The first-order valence-electron chi connectivity index (χ1n) is 6.60. The Balaban J connectivity index is 2.34. The number of hydrogen-bond acceptors (Lipinski definition) is 4. The van der Waals surface area contributed by atoms with Crippen LogP contribution in [0.1, 0.15) is 20.3 Å². The molecule has 2 N–H and O–H groups in total. The zero-order valence-corrected chi connectivity index (χ0v) is 12.1. The van der Waals surface area contributed by atoms with Gasteiger partial charge in [-0.2, -0.15) is 0 Å². The molecule has 0 aromatic rings. The highest BCUT2D eigenvalue weighted by Crippen LogP contribution is 2.17. The highest BCUT2D eigenvalue weighted by Gasteiger charge is 2.29. The number of carbonyl (C=O) groups excluding carboxylic acids is 1. The average molecular weight is 257 g/mol. The molecule has 1 saturated heterocycles. The van der Waals surface area contributed by atoms with E-state index in [-0.39, 0.29) is 5.91 Å². The van der Waals surface area contributed by atoms with Crippen molar-refractivity contribution in [3.8, 4) is 0 Å². The van der Waals surface area contributed by atoms with Gasteiger partial charge < -0.3 is 20.3 Å². The molecule has 0 aromatic carbocycles. The van der Waals surface area contributed by atoms with Gasteiger partial charge in [0.25, 0.3) is 0 Å². The standard InChI is InChI=1S/C13H27N3O2/c1-13(2,14)12(17)15(3)9-11-5-6-16(10-11)7-8-18-4/h11H,5-10,14H2,1-4H3. The first-order chi connectivity index (χ1) is 8.34. The molecular weight excluding hydrogens is 230 g/mol. The Hall–Kier alpha value is -0.650. The molecule has 1 aliphatic rings. The second-order valence-electron chi connectivity index (χ2n) is 5.86. The lowest BCUT2D eigenvalue weighted by Crippen LogP contribution is -2.50. The Labute approximate surface area is 110 Å². The van der Waals surface area contributed by atoms with Crippen LogP contribution in [0.4, 0.5) is 0 Å². The molecule has 0 bridgehead atoms. The Morgan fingerprint density at radius 2 is 2.22 bits per heavy atom. The van der Waals surface area contributed by atoms with Crippen LogP contribution in [-0.4, -0.2) is 68.2 Å². The molecule has 106 valence electrons. The second-order valence-corrected chi connectivity index (χ2v) is 5.86. The molecule has 0 aromatic heterocycles. The van der Waals surface area contributed by atoms with Crippen LogP contribution in [0.15, 0.2) is 0 Å². The van der Waals surface area contributed by atoms with Crippen LogP contribution in [-0.2, 0) is 9.53 Å². The molecule has 5 nitrogen and oxygen atoms in total. The van der Waals surface area contributed by atoms with Crippen molar-refractivity contribution in [1.82, 2.24) is 9.80 Å². The minimum Gasteiger partial charge on any atom is -0.383 e. The largest absolute Gasteiger partial charge is 0.383 e. The quantitative estimate of drug-likeness (QED) is 0.736. The third-order valence-corrected chi connectivity index (χ3v) is 3.41. The van der Waals surface area contributed by atoms with Crippen molar-refractivity contribution < 1.29 is 9.53 Å². The van der Waals surface area contributed by atoms with Gasteiger partial charge in [0.05, 0.1) is 12.1 Å². The van der Waals surface area contributed by atoms with Gasteiger partial charge >= 0.3 is 0 Å². The third-order valence-electron chi connectivity index (χ3n) is 3.41. The number of likely N-dealkylation sites (tertiary alicyclic amines) is 1. The Kier molecular flexibility index (Phi) is 5.56. The summed E-state index contributed by atoms with van der Waals surface area (Å²) < 4.78 is 5.08. The molecule has 0 spiro atoms. The number of methoxy groups -OCH3 is 1. The molecule has 1 rings (SSSR count). The minimum atomic E-state index is -0.775. The van der Waals surface area contributed by atoms with Crippen molar-refractivity contribution in [1.29, 1.82) is 0 Å². The fourth-order valence-corrected chi connectivity index (χ4v) is 2.45. The van der Waals surface area contributed by atoms with Gasteiger partial charge in [-0.3, -0.25) is 4.79 Å². The van der Waals surface area contributed by atoms with E-state index >= 15 is 0 Å². The SMILES string of the molecule is COCCN1CCC(CN(C)C(=O)C(C)(C)N)C1. The van der Waals surface area contributed by atoms with Gasteiger partial charge in [-0.1, -0.05) is 0 Å². The Morgan fingerprint density at radius 1 is 1.56 bits per heavy atom. The number of nitrogens with two attached hydrogens (primary N) is 1. The van der Waals surface area contributed by atoms with Crippen molar-refractivity contribution in [3.05, 3.63) is 0 Å². The van der Waals surface area contributed by atoms with Gasteiger partial charge in [-0.25, -0.2) is 0 Å². The number of amides is 1. The number of hydrogen-bond donors (Lipinski definition) is 1. The van der Waals surface area contributed by atoms with Gasteiger partial charge in [0.15, 0.2) is 0 Å². The molecule has 1 atom stereocenters. The van der Waals surface area contributed by atoms with E-state index in [4.69, 9.17) is 10.5 Å². The van der Waals surface area contributed by atoms with Crippen LogP contribution < -0.4 is 5.73 Å². The smallest absolute Gasteiger partial charge is 0.241 e. The lowest BCUT2D eigenvalue weighted by Gasteiger charge is -2.28. The minimum absolute atomic E-state index is 0.0119. The zero-order chi connectivity index (χ0) is 13.8. The maximum atomic E-state index is 12.0. The predicted molar refractivity (Wildman–Crippen MR) is 72.3 cm³/mol. The highest BCUT2D eigenvalue weighted by molar-refractivity contribution is 5.84. The van der Waals surface area contributed by atoms with Gasteiger partial charge in [-0.05, 0) is 32.7 Å². The molecule has 1 aliphatic heterocycles. The Morgan fingerprint density at radius 3 is 2.78 bits per heavy atom. The van der Waals surface area contributed by atoms with Crippen molar-refractivity contribution in [2.24, 2.45) is 11.7 Å². The molecule has 5 heteroatoms. The van der Waals surface area contributed by atoms with E-state index < -0.39 is 5.54 Å².